The molecule has 2 aliphatic rings. The minimum Gasteiger partial charge on any atom is -0.466 e. The Hall–Kier alpha value is -4.80. The van der Waals surface area contributed by atoms with E-state index in [1.807, 2.05) is 18.2 Å². The zero-order valence-electron chi connectivity index (χ0n) is 25.7. The van der Waals surface area contributed by atoms with Crippen molar-refractivity contribution in [2.24, 2.45) is 0 Å². The Morgan fingerprint density at radius 3 is 2.09 bits per heavy atom. The Balaban J connectivity index is 1.14. The van der Waals surface area contributed by atoms with Gasteiger partial charge in [-0.3, -0.25) is 9.80 Å². The maximum absolute atomic E-state index is 13.7. The quantitative estimate of drug-likeness (QED) is 0.272. The van der Waals surface area contributed by atoms with Gasteiger partial charge in [0.15, 0.2) is 0 Å². The lowest BCUT2D eigenvalue weighted by atomic mass is 9.80. The van der Waals surface area contributed by atoms with Gasteiger partial charge in [0, 0.05) is 44.1 Å². The number of rotatable bonds is 9. The molecule has 0 aliphatic carbocycles. The molecule has 2 aliphatic heterocycles. The van der Waals surface area contributed by atoms with Crippen LogP contribution >= 0.6 is 0 Å². The molecule has 0 spiro atoms. The molecule has 6 rings (SSSR count). The zero-order chi connectivity index (χ0) is 31.3. The SMILES string of the molecule is COC(=O)C1=C(C)NC(C)=C(C(=O)OCCN2CCN(C(c3ccccc3)c3ccccc3)CC2)C1c1cccc2nonc12. The maximum Gasteiger partial charge on any atom is 0.336 e. The van der Waals surface area contributed by atoms with E-state index in [0.29, 0.717) is 45.7 Å². The van der Waals surface area contributed by atoms with Gasteiger partial charge in [-0.1, -0.05) is 72.8 Å². The Morgan fingerprint density at radius 2 is 1.47 bits per heavy atom. The van der Waals surface area contributed by atoms with Gasteiger partial charge in [0.25, 0.3) is 0 Å². The highest BCUT2D eigenvalue weighted by Gasteiger charge is 2.39. The summed E-state index contributed by atoms with van der Waals surface area (Å²) in [5.41, 5.74) is 6.00. The van der Waals surface area contributed by atoms with E-state index in [9.17, 15) is 9.59 Å². The predicted octanol–water partition coefficient (Wildman–Crippen LogP) is 4.58. The van der Waals surface area contributed by atoms with Crippen LogP contribution in [0.15, 0.2) is 106 Å². The molecule has 10 heteroatoms. The fraction of sp³-hybridized carbons (Fsp3) is 0.314. The van der Waals surface area contributed by atoms with E-state index < -0.39 is 17.9 Å². The second-order valence-corrected chi connectivity index (χ2v) is 11.3. The number of piperazine rings is 1. The van der Waals surface area contributed by atoms with E-state index in [0.717, 1.165) is 26.2 Å². The molecule has 0 amide bonds. The summed E-state index contributed by atoms with van der Waals surface area (Å²) in [6, 6.07) is 26.8. The molecule has 3 aromatic carbocycles. The van der Waals surface area contributed by atoms with Crippen LogP contribution in [0, 0.1) is 0 Å². The number of carbonyl (C=O) groups is 2. The minimum atomic E-state index is -0.766. The topological polar surface area (TPSA) is 110 Å². The molecule has 0 saturated carbocycles. The van der Waals surface area contributed by atoms with Gasteiger partial charge < -0.3 is 14.8 Å². The molecule has 1 unspecified atom stereocenters. The van der Waals surface area contributed by atoms with E-state index in [1.54, 1.807) is 26.0 Å². The van der Waals surface area contributed by atoms with Crippen LogP contribution in [0.25, 0.3) is 11.0 Å². The fourth-order valence-electron chi connectivity index (χ4n) is 6.49. The first kappa shape index (κ1) is 30.2. The van der Waals surface area contributed by atoms with Crippen molar-refractivity contribution in [2.75, 3.05) is 46.4 Å². The van der Waals surface area contributed by atoms with Gasteiger partial charge in [-0.25, -0.2) is 14.2 Å². The summed E-state index contributed by atoms with van der Waals surface area (Å²) in [5, 5.41) is 11.2. The number of nitrogens with one attached hydrogen (secondary N) is 1. The van der Waals surface area contributed by atoms with Gasteiger partial charge in [0.05, 0.1) is 30.2 Å². The molecule has 0 bridgehead atoms. The third-order valence-electron chi connectivity index (χ3n) is 8.66. The summed E-state index contributed by atoms with van der Waals surface area (Å²) < 4.78 is 16.0. The second-order valence-electron chi connectivity index (χ2n) is 11.3. The van der Waals surface area contributed by atoms with Crippen molar-refractivity contribution in [3.05, 3.63) is 118 Å². The third kappa shape index (κ3) is 6.25. The number of carbonyl (C=O) groups excluding carboxylic acids is 2. The first-order valence-corrected chi connectivity index (χ1v) is 15.2. The van der Waals surface area contributed by atoms with Crippen LogP contribution in [0.3, 0.4) is 0 Å². The van der Waals surface area contributed by atoms with Gasteiger partial charge in [-0.05, 0) is 46.9 Å². The number of esters is 2. The van der Waals surface area contributed by atoms with Crippen molar-refractivity contribution < 1.29 is 23.7 Å². The molecule has 45 heavy (non-hydrogen) atoms. The van der Waals surface area contributed by atoms with Crippen LogP contribution in [0.1, 0.15) is 42.5 Å². The molecule has 1 N–H and O–H groups in total. The van der Waals surface area contributed by atoms with Crippen molar-refractivity contribution in [1.82, 2.24) is 25.4 Å². The summed E-state index contributed by atoms with van der Waals surface area (Å²) in [6.07, 6.45) is 0. The predicted molar refractivity (Wildman–Crippen MR) is 169 cm³/mol. The lowest BCUT2D eigenvalue weighted by Crippen LogP contribution is -2.48. The molecule has 10 nitrogen and oxygen atoms in total. The fourth-order valence-corrected chi connectivity index (χ4v) is 6.49. The number of fused-ring (bicyclic) bond motifs is 1. The summed E-state index contributed by atoms with van der Waals surface area (Å²) in [5.74, 6) is -1.81. The molecule has 1 fully saturated rings. The zero-order valence-corrected chi connectivity index (χ0v) is 25.7. The van der Waals surface area contributed by atoms with Crippen LogP contribution in [-0.2, 0) is 19.1 Å². The Bertz CT molecular complexity index is 1690. The number of methoxy groups -OCH3 is 1. The highest BCUT2D eigenvalue weighted by molar-refractivity contribution is 6.01. The highest BCUT2D eigenvalue weighted by Crippen LogP contribution is 2.41. The minimum absolute atomic E-state index is 0.183. The van der Waals surface area contributed by atoms with E-state index in [2.05, 4.69) is 74.0 Å². The highest BCUT2D eigenvalue weighted by atomic mass is 16.6. The van der Waals surface area contributed by atoms with Crippen LogP contribution in [0.2, 0.25) is 0 Å². The summed E-state index contributed by atoms with van der Waals surface area (Å²) in [4.78, 5) is 31.6. The Labute approximate surface area is 262 Å². The number of hydrogen-bond donors (Lipinski definition) is 1. The van der Waals surface area contributed by atoms with Crippen molar-refractivity contribution in [2.45, 2.75) is 25.8 Å². The van der Waals surface area contributed by atoms with E-state index in [4.69, 9.17) is 14.1 Å². The van der Waals surface area contributed by atoms with E-state index >= 15 is 0 Å². The number of ether oxygens (including phenoxy) is 2. The van der Waals surface area contributed by atoms with Crippen LogP contribution in [0.5, 0.6) is 0 Å². The molecule has 3 heterocycles. The van der Waals surface area contributed by atoms with E-state index in [-0.39, 0.29) is 12.6 Å². The third-order valence-corrected chi connectivity index (χ3v) is 8.66. The smallest absolute Gasteiger partial charge is 0.336 e. The molecule has 1 atom stereocenters. The Morgan fingerprint density at radius 1 is 0.844 bits per heavy atom. The number of allylic oxidation sites excluding steroid dienone is 2. The van der Waals surface area contributed by atoms with Gasteiger partial charge in [-0.15, -0.1) is 0 Å². The molecule has 0 radical (unpaired) electrons. The average molecular weight is 608 g/mol. The summed E-state index contributed by atoms with van der Waals surface area (Å²) in [7, 11) is 1.32. The first-order chi connectivity index (χ1) is 22.0. The second kappa shape index (κ2) is 13.5. The largest absolute Gasteiger partial charge is 0.466 e. The average Bonchev–Trinajstić information content (AvgIpc) is 3.55. The van der Waals surface area contributed by atoms with Gasteiger partial charge in [-0.2, -0.15) is 0 Å². The molecule has 232 valence electrons. The lowest BCUT2D eigenvalue weighted by Gasteiger charge is -2.39. The maximum atomic E-state index is 13.7. The standard InChI is InChI=1S/C35H37N5O5/c1-23-29(34(41)43-3)31(27-15-10-16-28-32(27)38-45-37-28)30(24(2)36-23)35(42)44-22-21-39-17-19-40(20-18-39)33(25-11-6-4-7-12-25)26-13-8-5-9-14-26/h4-16,31,33,36H,17-22H2,1-3H3. The molecule has 4 aromatic rings. The molecule has 1 aromatic heterocycles. The Kier molecular flexibility index (Phi) is 9.04. The monoisotopic (exact) mass is 607 g/mol. The summed E-state index contributed by atoms with van der Waals surface area (Å²) >= 11 is 0. The van der Waals surface area contributed by atoms with Crippen molar-refractivity contribution in [3.63, 3.8) is 0 Å². The molecular weight excluding hydrogens is 570 g/mol. The van der Waals surface area contributed by atoms with Crippen molar-refractivity contribution >= 4 is 23.0 Å². The van der Waals surface area contributed by atoms with E-state index in [1.165, 1.54) is 18.2 Å². The number of benzene rings is 3. The molecular formula is C35H37N5O5. The van der Waals surface area contributed by atoms with Crippen LogP contribution in [-0.4, -0.2) is 78.5 Å². The van der Waals surface area contributed by atoms with Crippen LogP contribution in [0.4, 0.5) is 0 Å². The van der Waals surface area contributed by atoms with Crippen molar-refractivity contribution in [1.29, 1.82) is 0 Å². The summed E-state index contributed by atoms with van der Waals surface area (Å²) in [6.45, 7) is 7.90. The van der Waals surface area contributed by atoms with Gasteiger partial charge in [0.2, 0.25) is 0 Å². The number of nitrogens with zero attached hydrogens (tertiary/aromatic N) is 4. The molecule has 1 saturated heterocycles. The number of dihydropyridines is 1. The van der Waals surface area contributed by atoms with Gasteiger partial charge in [0.1, 0.15) is 17.6 Å². The number of hydrogen-bond acceptors (Lipinski definition) is 10. The van der Waals surface area contributed by atoms with Crippen LogP contribution < -0.4 is 5.32 Å². The van der Waals surface area contributed by atoms with Crippen molar-refractivity contribution in [3.8, 4) is 0 Å². The first-order valence-electron chi connectivity index (χ1n) is 15.2. The lowest BCUT2D eigenvalue weighted by molar-refractivity contribution is -0.140. The number of aromatic nitrogens is 2. The van der Waals surface area contributed by atoms with Gasteiger partial charge >= 0.3 is 11.9 Å². The normalized spacial score (nSPS) is 17.9.